The summed E-state index contributed by atoms with van der Waals surface area (Å²) >= 11 is 0. The van der Waals surface area contributed by atoms with Crippen LogP contribution in [0.25, 0.3) is 0 Å². The van der Waals surface area contributed by atoms with Crippen molar-refractivity contribution in [3.05, 3.63) is 35.1 Å². The van der Waals surface area contributed by atoms with Crippen molar-refractivity contribution in [2.75, 3.05) is 13.2 Å². The standard InChI is InChI=1S/C12H16FNO3/c1-8-5-9(13)3-4-10(8)11(16)14-6-12(2,17)7-15/h3-5,15,17H,6-7H2,1-2H3,(H,14,16). The van der Waals surface area contributed by atoms with Gasteiger partial charge in [-0.05, 0) is 37.6 Å². The molecular formula is C12H16FNO3. The molecule has 1 aromatic carbocycles. The Balaban J connectivity index is 2.71. The van der Waals surface area contributed by atoms with Crippen molar-refractivity contribution in [1.29, 1.82) is 0 Å². The van der Waals surface area contributed by atoms with E-state index < -0.39 is 23.9 Å². The summed E-state index contributed by atoms with van der Waals surface area (Å²) in [6, 6.07) is 3.85. The molecule has 5 heteroatoms. The second-order valence-corrected chi connectivity index (χ2v) is 4.30. The van der Waals surface area contributed by atoms with Crippen molar-refractivity contribution in [1.82, 2.24) is 5.32 Å². The van der Waals surface area contributed by atoms with Gasteiger partial charge in [0, 0.05) is 12.1 Å². The minimum atomic E-state index is -1.36. The minimum Gasteiger partial charge on any atom is -0.393 e. The highest BCUT2D eigenvalue weighted by Gasteiger charge is 2.20. The number of halogens is 1. The largest absolute Gasteiger partial charge is 0.393 e. The van der Waals surface area contributed by atoms with E-state index in [1.165, 1.54) is 25.1 Å². The molecule has 0 spiro atoms. The molecule has 1 amide bonds. The number of nitrogens with one attached hydrogen (secondary N) is 1. The Bertz CT molecular complexity index is 418. The lowest BCUT2D eigenvalue weighted by Crippen LogP contribution is -2.43. The van der Waals surface area contributed by atoms with Crippen LogP contribution in [0.2, 0.25) is 0 Å². The van der Waals surface area contributed by atoms with E-state index in [0.29, 0.717) is 11.1 Å². The van der Waals surface area contributed by atoms with Gasteiger partial charge in [-0.3, -0.25) is 4.79 Å². The van der Waals surface area contributed by atoms with E-state index in [9.17, 15) is 14.3 Å². The van der Waals surface area contributed by atoms with Crippen LogP contribution >= 0.6 is 0 Å². The second kappa shape index (κ2) is 5.25. The lowest BCUT2D eigenvalue weighted by Gasteiger charge is -2.20. The molecule has 1 atom stereocenters. The van der Waals surface area contributed by atoms with Crippen molar-refractivity contribution in [2.24, 2.45) is 0 Å². The Kier molecular flexibility index (Phi) is 4.20. The summed E-state index contributed by atoms with van der Waals surface area (Å²) in [5.74, 6) is -0.808. The molecule has 0 aromatic heterocycles. The van der Waals surface area contributed by atoms with Crippen LogP contribution in [0, 0.1) is 12.7 Å². The predicted octanol–water partition coefficient (Wildman–Crippen LogP) is 0.607. The molecule has 0 aliphatic rings. The number of carbonyl (C=O) groups excluding carboxylic acids is 1. The fraction of sp³-hybridized carbons (Fsp3) is 0.417. The summed E-state index contributed by atoms with van der Waals surface area (Å²) in [6.45, 7) is 2.52. The first-order valence-corrected chi connectivity index (χ1v) is 5.23. The zero-order valence-corrected chi connectivity index (χ0v) is 9.83. The van der Waals surface area contributed by atoms with Gasteiger partial charge >= 0.3 is 0 Å². The molecular weight excluding hydrogens is 225 g/mol. The third-order valence-electron chi connectivity index (χ3n) is 2.40. The highest BCUT2D eigenvalue weighted by Crippen LogP contribution is 2.10. The summed E-state index contributed by atoms with van der Waals surface area (Å²) in [5.41, 5.74) is -0.491. The van der Waals surface area contributed by atoms with E-state index >= 15 is 0 Å². The van der Waals surface area contributed by atoms with Crippen molar-refractivity contribution in [2.45, 2.75) is 19.4 Å². The first kappa shape index (κ1) is 13.6. The molecule has 0 radical (unpaired) electrons. The smallest absolute Gasteiger partial charge is 0.251 e. The van der Waals surface area contributed by atoms with Gasteiger partial charge in [0.25, 0.3) is 5.91 Å². The third kappa shape index (κ3) is 3.80. The highest BCUT2D eigenvalue weighted by atomic mass is 19.1. The zero-order valence-electron chi connectivity index (χ0n) is 9.83. The normalized spacial score (nSPS) is 14.2. The van der Waals surface area contributed by atoms with E-state index in [-0.39, 0.29) is 6.54 Å². The van der Waals surface area contributed by atoms with Crippen LogP contribution < -0.4 is 5.32 Å². The summed E-state index contributed by atoms with van der Waals surface area (Å²) in [6.07, 6.45) is 0. The average molecular weight is 241 g/mol. The van der Waals surface area contributed by atoms with E-state index in [1.54, 1.807) is 6.92 Å². The van der Waals surface area contributed by atoms with E-state index in [1.807, 2.05) is 0 Å². The van der Waals surface area contributed by atoms with Gasteiger partial charge in [0.1, 0.15) is 11.4 Å². The van der Waals surface area contributed by atoms with Crippen LogP contribution in [0.5, 0.6) is 0 Å². The number of amides is 1. The van der Waals surface area contributed by atoms with Crippen LogP contribution in [0.3, 0.4) is 0 Å². The van der Waals surface area contributed by atoms with Gasteiger partial charge in [-0.2, -0.15) is 0 Å². The van der Waals surface area contributed by atoms with Crippen molar-refractivity contribution < 1.29 is 19.4 Å². The number of benzene rings is 1. The first-order chi connectivity index (χ1) is 7.85. The summed E-state index contributed by atoms with van der Waals surface area (Å²) < 4.78 is 12.8. The predicted molar refractivity (Wildman–Crippen MR) is 61.2 cm³/mol. The summed E-state index contributed by atoms with van der Waals surface area (Å²) in [5, 5.41) is 20.8. The molecule has 1 rings (SSSR count). The van der Waals surface area contributed by atoms with Gasteiger partial charge in [0.2, 0.25) is 0 Å². The monoisotopic (exact) mass is 241 g/mol. The maximum Gasteiger partial charge on any atom is 0.251 e. The fourth-order valence-electron chi connectivity index (χ4n) is 1.30. The topological polar surface area (TPSA) is 69.6 Å². The minimum absolute atomic E-state index is 0.0703. The number of hydrogen-bond acceptors (Lipinski definition) is 3. The maximum absolute atomic E-state index is 12.8. The number of hydrogen-bond donors (Lipinski definition) is 3. The van der Waals surface area contributed by atoms with Crippen molar-refractivity contribution in [3.8, 4) is 0 Å². The second-order valence-electron chi connectivity index (χ2n) is 4.30. The molecule has 0 saturated heterocycles. The van der Waals surface area contributed by atoms with Gasteiger partial charge in [0.15, 0.2) is 0 Å². The molecule has 1 aromatic rings. The molecule has 0 bridgehead atoms. The van der Waals surface area contributed by atoms with Crippen LogP contribution in [-0.2, 0) is 0 Å². The quantitative estimate of drug-likeness (QED) is 0.723. The molecule has 94 valence electrons. The Morgan fingerprint density at radius 3 is 2.71 bits per heavy atom. The van der Waals surface area contributed by atoms with Crippen molar-refractivity contribution >= 4 is 5.91 Å². The number of aryl methyl sites for hydroxylation is 1. The van der Waals surface area contributed by atoms with Gasteiger partial charge in [-0.25, -0.2) is 4.39 Å². The molecule has 0 saturated carbocycles. The number of carbonyl (C=O) groups is 1. The molecule has 17 heavy (non-hydrogen) atoms. The van der Waals surface area contributed by atoms with Crippen LogP contribution in [0.15, 0.2) is 18.2 Å². The summed E-state index contributed by atoms with van der Waals surface area (Å²) in [7, 11) is 0. The van der Waals surface area contributed by atoms with Crippen LogP contribution in [0.4, 0.5) is 4.39 Å². The molecule has 0 aliphatic heterocycles. The molecule has 0 aliphatic carbocycles. The van der Waals surface area contributed by atoms with Crippen LogP contribution in [-0.4, -0.2) is 34.9 Å². The highest BCUT2D eigenvalue weighted by molar-refractivity contribution is 5.95. The molecule has 3 N–H and O–H groups in total. The molecule has 1 unspecified atom stereocenters. The molecule has 0 heterocycles. The SMILES string of the molecule is Cc1cc(F)ccc1C(=O)NCC(C)(O)CO. The Morgan fingerprint density at radius 1 is 1.53 bits per heavy atom. The lowest BCUT2D eigenvalue weighted by atomic mass is 10.1. The van der Waals surface area contributed by atoms with Gasteiger partial charge in [-0.15, -0.1) is 0 Å². The van der Waals surface area contributed by atoms with Gasteiger partial charge < -0.3 is 15.5 Å². The maximum atomic E-state index is 12.8. The summed E-state index contributed by atoms with van der Waals surface area (Å²) in [4.78, 5) is 11.7. The zero-order chi connectivity index (χ0) is 13.1. The van der Waals surface area contributed by atoms with E-state index in [2.05, 4.69) is 5.32 Å². The van der Waals surface area contributed by atoms with Crippen molar-refractivity contribution in [3.63, 3.8) is 0 Å². The number of rotatable bonds is 4. The Labute approximate surface area is 99.1 Å². The number of aliphatic hydroxyl groups excluding tert-OH is 1. The third-order valence-corrected chi connectivity index (χ3v) is 2.40. The van der Waals surface area contributed by atoms with Gasteiger partial charge in [0.05, 0.1) is 6.61 Å². The molecule has 0 fully saturated rings. The number of aliphatic hydroxyl groups is 2. The van der Waals surface area contributed by atoms with E-state index in [0.717, 1.165) is 0 Å². The van der Waals surface area contributed by atoms with E-state index in [4.69, 9.17) is 5.11 Å². The lowest BCUT2D eigenvalue weighted by molar-refractivity contribution is 0.00319. The Morgan fingerprint density at radius 2 is 2.18 bits per heavy atom. The average Bonchev–Trinajstić information content (AvgIpc) is 2.26. The fourth-order valence-corrected chi connectivity index (χ4v) is 1.30. The Hall–Kier alpha value is -1.46. The first-order valence-electron chi connectivity index (χ1n) is 5.23. The molecule has 4 nitrogen and oxygen atoms in total. The van der Waals surface area contributed by atoms with Crippen LogP contribution in [0.1, 0.15) is 22.8 Å². The van der Waals surface area contributed by atoms with Gasteiger partial charge in [-0.1, -0.05) is 0 Å².